The van der Waals surface area contributed by atoms with Gasteiger partial charge in [-0.3, -0.25) is 4.79 Å². The molecule has 0 aromatic heterocycles. The van der Waals surface area contributed by atoms with Gasteiger partial charge in [-0.25, -0.2) is 0 Å². The largest absolute Gasteiger partial charge is 0.465 e. The molecule has 0 spiro atoms. The van der Waals surface area contributed by atoms with Crippen LogP contribution in [0.4, 0.5) is 5.69 Å². The third-order valence-electron chi connectivity index (χ3n) is 2.94. The van der Waals surface area contributed by atoms with E-state index in [1.165, 1.54) is 11.1 Å². The van der Waals surface area contributed by atoms with Gasteiger partial charge >= 0.3 is 5.97 Å². The summed E-state index contributed by atoms with van der Waals surface area (Å²) in [5.41, 5.74) is 3.30. The number of carbonyl (C=O) groups is 1. The molecule has 0 saturated carbocycles. The number of hydrogen-bond donors (Lipinski definition) is 2. The van der Waals surface area contributed by atoms with E-state index < -0.39 is 0 Å². The van der Waals surface area contributed by atoms with Gasteiger partial charge in [0.1, 0.15) is 6.54 Å². The van der Waals surface area contributed by atoms with Crippen molar-refractivity contribution in [2.75, 3.05) is 25.0 Å². The van der Waals surface area contributed by atoms with E-state index in [-0.39, 0.29) is 12.5 Å². The van der Waals surface area contributed by atoms with E-state index in [2.05, 4.69) is 10.6 Å². The summed E-state index contributed by atoms with van der Waals surface area (Å²) in [7, 11) is 0. The number of esters is 1. The molecule has 98 valence electrons. The van der Waals surface area contributed by atoms with Crippen LogP contribution < -0.4 is 10.6 Å². The van der Waals surface area contributed by atoms with Gasteiger partial charge in [-0.1, -0.05) is 17.7 Å². The van der Waals surface area contributed by atoms with Gasteiger partial charge < -0.3 is 15.4 Å². The van der Waals surface area contributed by atoms with E-state index in [1.54, 1.807) is 6.92 Å². The number of nitrogens with one attached hydrogen (secondary N) is 2. The van der Waals surface area contributed by atoms with Crippen molar-refractivity contribution in [1.29, 1.82) is 0 Å². The second kappa shape index (κ2) is 6.07. The number of rotatable bonds is 4. The molecule has 0 atom stereocenters. The van der Waals surface area contributed by atoms with E-state index in [0.29, 0.717) is 11.6 Å². The highest BCUT2D eigenvalue weighted by Gasteiger charge is 2.16. The van der Waals surface area contributed by atoms with Crippen LogP contribution in [0.5, 0.6) is 0 Å². The number of benzene rings is 1. The molecule has 0 unspecified atom stereocenters. The van der Waals surface area contributed by atoms with Crippen molar-refractivity contribution < 1.29 is 9.53 Å². The van der Waals surface area contributed by atoms with Crippen LogP contribution in [0.3, 0.4) is 0 Å². The Kier molecular flexibility index (Phi) is 4.44. The lowest BCUT2D eigenvalue weighted by molar-refractivity contribution is -0.140. The zero-order valence-corrected chi connectivity index (χ0v) is 11.1. The van der Waals surface area contributed by atoms with Crippen LogP contribution >= 0.6 is 11.6 Å². The smallest absolute Gasteiger partial charge is 0.325 e. The SMILES string of the molecule is CCOC(=O)CNc1c(Cl)ccc2c1CCNC2. The van der Waals surface area contributed by atoms with Crippen LogP contribution in [0.25, 0.3) is 0 Å². The van der Waals surface area contributed by atoms with Gasteiger partial charge in [0.15, 0.2) is 0 Å². The average molecular weight is 269 g/mol. The number of carbonyl (C=O) groups excluding carboxylic acids is 1. The molecule has 18 heavy (non-hydrogen) atoms. The summed E-state index contributed by atoms with van der Waals surface area (Å²) in [6, 6.07) is 3.89. The summed E-state index contributed by atoms with van der Waals surface area (Å²) in [5, 5.41) is 7.05. The Labute approximate surface area is 112 Å². The summed E-state index contributed by atoms with van der Waals surface area (Å²) in [6.45, 7) is 4.12. The van der Waals surface area contributed by atoms with Crippen LogP contribution in [-0.2, 0) is 22.5 Å². The van der Waals surface area contributed by atoms with Crippen molar-refractivity contribution >= 4 is 23.3 Å². The minimum Gasteiger partial charge on any atom is -0.465 e. The molecule has 0 bridgehead atoms. The monoisotopic (exact) mass is 268 g/mol. The summed E-state index contributed by atoms with van der Waals surface area (Å²) in [4.78, 5) is 11.4. The highest BCUT2D eigenvalue weighted by Crippen LogP contribution is 2.30. The van der Waals surface area contributed by atoms with E-state index in [1.807, 2.05) is 12.1 Å². The molecular formula is C13H17ClN2O2. The van der Waals surface area contributed by atoms with Gasteiger partial charge in [-0.05, 0) is 37.1 Å². The second-order valence-electron chi connectivity index (χ2n) is 4.15. The van der Waals surface area contributed by atoms with Crippen molar-refractivity contribution in [1.82, 2.24) is 5.32 Å². The predicted octanol–water partition coefficient (Wildman–Crippen LogP) is 1.96. The molecule has 1 aromatic rings. The van der Waals surface area contributed by atoms with Gasteiger partial charge in [0.05, 0.1) is 17.3 Å². The fraction of sp³-hybridized carbons (Fsp3) is 0.462. The first-order valence-electron chi connectivity index (χ1n) is 6.13. The molecule has 1 aromatic carbocycles. The average Bonchev–Trinajstić information content (AvgIpc) is 2.38. The Morgan fingerprint density at radius 2 is 2.39 bits per heavy atom. The maximum absolute atomic E-state index is 11.4. The fourth-order valence-electron chi connectivity index (χ4n) is 2.11. The lowest BCUT2D eigenvalue weighted by Crippen LogP contribution is -2.25. The van der Waals surface area contributed by atoms with E-state index >= 15 is 0 Å². The van der Waals surface area contributed by atoms with Crippen molar-refractivity contribution in [3.8, 4) is 0 Å². The first kappa shape index (κ1) is 13.2. The first-order valence-corrected chi connectivity index (χ1v) is 6.50. The quantitative estimate of drug-likeness (QED) is 0.820. The number of halogens is 1. The lowest BCUT2D eigenvalue weighted by Gasteiger charge is -2.22. The summed E-state index contributed by atoms with van der Waals surface area (Å²) in [6.07, 6.45) is 0.918. The van der Waals surface area contributed by atoms with Crippen molar-refractivity contribution in [3.05, 3.63) is 28.3 Å². The molecule has 4 nitrogen and oxygen atoms in total. The van der Waals surface area contributed by atoms with E-state index in [9.17, 15) is 4.79 Å². The Hall–Kier alpha value is -1.26. The molecular weight excluding hydrogens is 252 g/mol. The third kappa shape index (κ3) is 2.94. The maximum atomic E-state index is 11.4. The molecule has 0 aliphatic carbocycles. The zero-order chi connectivity index (χ0) is 13.0. The van der Waals surface area contributed by atoms with E-state index in [0.717, 1.165) is 25.2 Å². The highest BCUT2D eigenvalue weighted by molar-refractivity contribution is 6.33. The van der Waals surface area contributed by atoms with Crippen LogP contribution in [0.1, 0.15) is 18.1 Å². The molecule has 2 N–H and O–H groups in total. The molecule has 5 heteroatoms. The lowest BCUT2D eigenvalue weighted by atomic mass is 9.99. The Morgan fingerprint density at radius 1 is 1.56 bits per heavy atom. The van der Waals surface area contributed by atoms with Crippen molar-refractivity contribution in [2.24, 2.45) is 0 Å². The maximum Gasteiger partial charge on any atom is 0.325 e. The first-order chi connectivity index (χ1) is 8.72. The molecule has 1 aliphatic heterocycles. The Morgan fingerprint density at radius 3 is 3.17 bits per heavy atom. The van der Waals surface area contributed by atoms with Gasteiger partial charge in [-0.15, -0.1) is 0 Å². The molecule has 1 aliphatic rings. The Balaban J connectivity index is 2.13. The highest BCUT2D eigenvalue weighted by atomic mass is 35.5. The van der Waals surface area contributed by atoms with Crippen LogP contribution in [0, 0.1) is 0 Å². The number of hydrogen-bond acceptors (Lipinski definition) is 4. The molecule has 2 rings (SSSR count). The van der Waals surface area contributed by atoms with Crippen LogP contribution in [-0.4, -0.2) is 25.7 Å². The standard InChI is InChI=1S/C13H17ClN2O2/c1-2-18-12(17)8-16-13-10-5-6-15-7-9(10)3-4-11(13)14/h3-4,15-16H,2,5-8H2,1H3. The Bertz CT molecular complexity index is 449. The van der Waals surface area contributed by atoms with Gasteiger partial charge in [0.25, 0.3) is 0 Å². The van der Waals surface area contributed by atoms with Gasteiger partial charge in [0, 0.05) is 6.54 Å². The molecule has 0 radical (unpaired) electrons. The van der Waals surface area contributed by atoms with Gasteiger partial charge in [0.2, 0.25) is 0 Å². The number of fused-ring (bicyclic) bond motifs is 1. The minimum absolute atomic E-state index is 0.150. The van der Waals surface area contributed by atoms with Crippen LogP contribution in [0.15, 0.2) is 12.1 Å². The third-order valence-corrected chi connectivity index (χ3v) is 3.26. The van der Waals surface area contributed by atoms with Crippen LogP contribution in [0.2, 0.25) is 5.02 Å². The molecule has 0 fully saturated rings. The van der Waals surface area contributed by atoms with E-state index in [4.69, 9.17) is 16.3 Å². The summed E-state index contributed by atoms with van der Waals surface area (Å²) in [5.74, 6) is -0.264. The number of ether oxygens (including phenoxy) is 1. The molecule has 1 heterocycles. The summed E-state index contributed by atoms with van der Waals surface area (Å²) < 4.78 is 4.89. The summed E-state index contributed by atoms with van der Waals surface area (Å²) >= 11 is 6.19. The normalized spacial score (nSPS) is 13.9. The predicted molar refractivity (Wildman–Crippen MR) is 72.0 cm³/mol. The van der Waals surface area contributed by atoms with Crippen molar-refractivity contribution in [2.45, 2.75) is 19.9 Å². The second-order valence-corrected chi connectivity index (χ2v) is 4.55. The fourth-order valence-corrected chi connectivity index (χ4v) is 2.36. The zero-order valence-electron chi connectivity index (χ0n) is 10.4. The molecule has 0 amide bonds. The topological polar surface area (TPSA) is 50.4 Å². The van der Waals surface area contributed by atoms with Crippen molar-refractivity contribution in [3.63, 3.8) is 0 Å². The minimum atomic E-state index is -0.264. The number of anilines is 1. The molecule has 0 saturated heterocycles. The van der Waals surface area contributed by atoms with Gasteiger partial charge in [-0.2, -0.15) is 0 Å².